The van der Waals surface area contributed by atoms with Gasteiger partial charge in [-0.2, -0.15) is 0 Å². The van der Waals surface area contributed by atoms with E-state index in [1.54, 1.807) is 18.2 Å². The van der Waals surface area contributed by atoms with Crippen molar-refractivity contribution in [2.75, 3.05) is 72.5 Å². The SMILES string of the molecule is CN(C)C1CCN(C(=O)c2cc(S(=O)(=O)N(C)C)ccc2N2CCOCC2)CC1. The molecule has 0 radical (unpaired) electrons. The third-order valence-electron chi connectivity index (χ3n) is 5.81. The lowest BCUT2D eigenvalue weighted by Crippen LogP contribution is -2.45. The minimum absolute atomic E-state index is 0.0977. The van der Waals surface area contributed by atoms with E-state index < -0.39 is 10.0 Å². The summed E-state index contributed by atoms with van der Waals surface area (Å²) in [4.78, 5) is 19.7. The van der Waals surface area contributed by atoms with Crippen molar-refractivity contribution in [2.45, 2.75) is 23.8 Å². The Morgan fingerprint density at radius 3 is 2.21 bits per heavy atom. The molecule has 0 aliphatic carbocycles. The van der Waals surface area contributed by atoms with Gasteiger partial charge in [-0.15, -0.1) is 0 Å². The topological polar surface area (TPSA) is 73.4 Å². The molecule has 0 aromatic heterocycles. The highest BCUT2D eigenvalue weighted by Crippen LogP contribution is 2.28. The number of sulfonamides is 1. The molecule has 0 spiro atoms. The average molecular weight is 425 g/mol. The highest BCUT2D eigenvalue weighted by molar-refractivity contribution is 7.89. The summed E-state index contributed by atoms with van der Waals surface area (Å²) >= 11 is 0. The third kappa shape index (κ3) is 4.74. The summed E-state index contributed by atoms with van der Waals surface area (Å²) in [5, 5.41) is 0. The number of likely N-dealkylation sites (tertiary alicyclic amines) is 1. The maximum atomic E-state index is 13.4. The number of carbonyl (C=O) groups is 1. The predicted octanol–water partition coefficient (Wildman–Crippen LogP) is 0.940. The summed E-state index contributed by atoms with van der Waals surface area (Å²) in [7, 11) is 3.51. The Labute approximate surface area is 174 Å². The van der Waals surface area contributed by atoms with Crippen LogP contribution in [0.2, 0.25) is 0 Å². The number of carbonyl (C=O) groups excluding carboxylic acids is 1. The van der Waals surface area contributed by atoms with Gasteiger partial charge in [0.2, 0.25) is 10.0 Å². The van der Waals surface area contributed by atoms with Crippen LogP contribution in [0.1, 0.15) is 23.2 Å². The van der Waals surface area contributed by atoms with E-state index in [0.717, 1.165) is 18.5 Å². The van der Waals surface area contributed by atoms with Crippen LogP contribution in [0.5, 0.6) is 0 Å². The van der Waals surface area contributed by atoms with Gasteiger partial charge in [0.15, 0.2) is 0 Å². The maximum absolute atomic E-state index is 13.4. The van der Waals surface area contributed by atoms with Gasteiger partial charge in [-0.1, -0.05) is 0 Å². The van der Waals surface area contributed by atoms with Gasteiger partial charge >= 0.3 is 0 Å². The Morgan fingerprint density at radius 1 is 1.03 bits per heavy atom. The third-order valence-corrected chi connectivity index (χ3v) is 7.62. The number of hydrogen-bond donors (Lipinski definition) is 0. The van der Waals surface area contributed by atoms with Gasteiger partial charge in [-0.25, -0.2) is 12.7 Å². The average Bonchev–Trinajstić information content (AvgIpc) is 2.73. The predicted molar refractivity (Wildman–Crippen MR) is 113 cm³/mol. The fourth-order valence-corrected chi connectivity index (χ4v) is 4.82. The molecule has 2 heterocycles. The number of hydrogen-bond acceptors (Lipinski definition) is 6. The van der Waals surface area contributed by atoms with Crippen LogP contribution in [-0.4, -0.2) is 102 Å². The Bertz CT molecular complexity index is 827. The van der Waals surface area contributed by atoms with E-state index in [0.29, 0.717) is 51.0 Å². The molecule has 0 bridgehead atoms. The van der Waals surface area contributed by atoms with Crippen molar-refractivity contribution in [3.05, 3.63) is 23.8 Å². The monoisotopic (exact) mass is 424 g/mol. The highest BCUT2D eigenvalue weighted by Gasteiger charge is 2.29. The fraction of sp³-hybridized carbons (Fsp3) is 0.650. The molecule has 1 aromatic carbocycles. The molecule has 9 heteroatoms. The zero-order valence-electron chi connectivity index (χ0n) is 17.8. The standard InChI is InChI=1S/C20H32N4O4S/c1-21(2)16-7-9-24(10-8-16)20(25)18-15-17(29(26,27)22(3)4)5-6-19(18)23-11-13-28-14-12-23/h5-6,15-16H,7-14H2,1-4H3. The minimum Gasteiger partial charge on any atom is -0.378 e. The van der Waals surface area contributed by atoms with E-state index in [1.807, 2.05) is 4.90 Å². The van der Waals surface area contributed by atoms with Crippen molar-refractivity contribution >= 4 is 21.6 Å². The number of morpholine rings is 1. The molecular formula is C20H32N4O4S. The molecule has 0 N–H and O–H groups in total. The van der Waals surface area contributed by atoms with Gasteiger partial charge in [0.05, 0.1) is 23.7 Å². The molecule has 3 rings (SSSR count). The van der Waals surface area contributed by atoms with E-state index in [2.05, 4.69) is 23.9 Å². The van der Waals surface area contributed by atoms with Crippen LogP contribution in [0.3, 0.4) is 0 Å². The van der Waals surface area contributed by atoms with Crippen LogP contribution in [0, 0.1) is 0 Å². The van der Waals surface area contributed by atoms with Gasteiger partial charge in [-0.3, -0.25) is 4.79 Å². The Morgan fingerprint density at radius 2 is 1.66 bits per heavy atom. The van der Waals surface area contributed by atoms with Crippen LogP contribution >= 0.6 is 0 Å². The number of amides is 1. The van der Waals surface area contributed by atoms with Crippen LogP contribution in [-0.2, 0) is 14.8 Å². The molecular weight excluding hydrogens is 392 g/mol. The van der Waals surface area contributed by atoms with Crippen molar-refractivity contribution in [1.29, 1.82) is 0 Å². The van der Waals surface area contributed by atoms with Crippen LogP contribution in [0.25, 0.3) is 0 Å². The zero-order chi connectivity index (χ0) is 21.2. The quantitative estimate of drug-likeness (QED) is 0.701. The summed E-state index contributed by atoms with van der Waals surface area (Å²) in [6, 6.07) is 5.37. The first-order chi connectivity index (χ1) is 13.7. The normalized spacial score (nSPS) is 19.2. The van der Waals surface area contributed by atoms with Crippen LogP contribution in [0.4, 0.5) is 5.69 Å². The molecule has 8 nitrogen and oxygen atoms in total. The number of anilines is 1. The number of rotatable bonds is 5. The summed E-state index contributed by atoms with van der Waals surface area (Å²) in [6.45, 7) is 3.91. The molecule has 2 saturated heterocycles. The van der Waals surface area contributed by atoms with E-state index in [-0.39, 0.29) is 10.8 Å². The Kier molecular flexibility index (Phi) is 6.83. The number of benzene rings is 1. The molecule has 29 heavy (non-hydrogen) atoms. The second-order valence-electron chi connectivity index (χ2n) is 8.05. The van der Waals surface area contributed by atoms with Crippen molar-refractivity contribution < 1.29 is 17.9 Å². The zero-order valence-corrected chi connectivity index (χ0v) is 18.6. The van der Waals surface area contributed by atoms with Gasteiger partial charge in [-0.05, 0) is 45.1 Å². The summed E-state index contributed by atoms with van der Waals surface area (Å²) in [5.74, 6) is -0.0977. The van der Waals surface area contributed by atoms with E-state index in [1.165, 1.54) is 18.4 Å². The molecule has 2 aliphatic heterocycles. The molecule has 0 unspecified atom stereocenters. The molecule has 2 aliphatic rings. The van der Waals surface area contributed by atoms with Crippen molar-refractivity contribution in [2.24, 2.45) is 0 Å². The van der Waals surface area contributed by atoms with E-state index >= 15 is 0 Å². The first kappa shape index (κ1) is 22.0. The number of nitrogens with zero attached hydrogens (tertiary/aromatic N) is 4. The van der Waals surface area contributed by atoms with Crippen LogP contribution in [0.15, 0.2) is 23.1 Å². The molecule has 162 valence electrons. The molecule has 1 amide bonds. The smallest absolute Gasteiger partial charge is 0.256 e. The largest absolute Gasteiger partial charge is 0.378 e. The lowest BCUT2D eigenvalue weighted by molar-refractivity contribution is 0.0662. The number of piperidine rings is 1. The first-order valence-electron chi connectivity index (χ1n) is 10.1. The van der Waals surface area contributed by atoms with E-state index in [9.17, 15) is 13.2 Å². The van der Waals surface area contributed by atoms with Gasteiger partial charge in [0.1, 0.15) is 0 Å². The highest BCUT2D eigenvalue weighted by atomic mass is 32.2. The summed E-state index contributed by atoms with van der Waals surface area (Å²) < 4.78 is 31.9. The lowest BCUT2D eigenvalue weighted by Gasteiger charge is -2.36. The van der Waals surface area contributed by atoms with Crippen LogP contribution < -0.4 is 4.90 Å². The fourth-order valence-electron chi connectivity index (χ4n) is 3.89. The molecule has 2 fully saturated rings. The Hall–Kier alpha value is -1.68. The lowest BCUT2D eigenvalue weighted by atomic mass is 10.0. The first-order valence-corrected chi connectivity index (χ1v) is 11.5. The Balaban J connectivity index is 1.94. The van der Waals surface area contributed by atoms with Crippen molar-refractivity contribution in [1.82, 2.24) is 14.1 Å². The van der Waals surface area contributed by atoms with Crippen molar-refractivity contribution in [3.8, 4) is 0 Å². The molecule has 0 saturated carbocycles. The van der Waals surface area contributed by atoms with Gasteiger partial charge in [0.25, 0.3) is 5.91 Å². The second kappa shape index (κ2) is 8.99. The van der Waals surface area contributed by atoms with Gasteiger partial charge < -0.3 is 19.4 Å². The van der Waals surface area contributed by atoms with Crippen molar-refractivity contribution in [3.63, 3.8) is 0 Å². The van der Waals surface area contributed by atoms with Gasteiger partial charge in [0, 0.05) is 52.0 Å². The maximum Gasteiger partial charge on any atom is 0.256 e. The second-order valence-corrected chi connectivity index (χ2v) is 10.2. The number of ether oxygens (including phenoxy) is 1. The van der Waals surface area contributed by atoms with E-state index in [4.69, 9.17) is 4.74 Å². The summed E-state index contributed by atoms with van der Waals surface area (Å²) in [6.07, 6.45) is 1.84. The molecule has 0 atom stereocenters. The summed E-state index contributed by atoms with van der Waals surface area (Å²) in [5.41, 5.74) is 1.24. The minimum atomic E-state index is -3.62. The molecule has 1 aromatic rings.